The van der Waals surface area contributed by atoms with Crippen molar-refractivity contribution in [2.75, 3.05) is 24.8 Å². The van der Waals surface area contributed by atoms with E-state index in [1.54, 1.807) is 12.1 Å². The Kier molecular flexibility index (Phi) is 4.96. The van der Waals surface area contributed by atoms with Crippen LogP contribution in [0.15, 0.2) is 18.2 Å². The number of hydrogen-bond donors (Lipinski definition) is 2. The first-order valence-corrected chi connectivity index (χ1v) is 7.24. The van der Waals surface area contributed by atoms with Crippen LogP contribution in [0.1, 0.15) is 19.8 Å². The van der Waals surface area contributed by atoms with Gasteiger partial charge >= 0.3 is 0 Å². The van der Waals surface area contributed by atoms with Gasteiger partial charge in [0.15, 0.2) is 18.4 Å². The van der Waals surface area contributed by atoms with Crippen molar-refractivity contribution in [1.82, 2.24) is 5.32 Å². The summed E-state index contributed by atoms with van der Waals surface area (Å²) in [6.07, 6.45) is 2.36. The average molecular weight is 303 g/mol. The van der Waals surface area contributed by atoms with Crippen LogP contribution in [0.3, 0.4) is 0 Å². The van der Waals surface area contributed by atoms with Gasteiger partial charge in [0.25, 0.3) is 0 Å². The standard InChI is InChI=1S/C13H17ClFN3S/c1-2-3-6-17-8-16-13(19)18(9-17)10-4-5-12(15)11(14)7-10/h4-5,7H,2-3,6,8-9H2,1H3,(H,16,19)/p+1. The molecule has 1 heterocycles. The lowest BCUT2D eigenvalue weighted by atomic mass is 10.2. The van der Waals surface area contributed by atoms with Crippen molar-refractivity contribution in [3.05, 3.63) is 29.0 Å². The van der Waals surface area contributed by atoms with E-state index in [0.29, 0.717) is 5.11 Å². The van der Waals surface area contributed by atoms with Crippen LogP contribution in [0.2, 0.25) is 5.02 Å². The van der Waals surface area contributed by atoms with E-state index in [1.807, 2.05) is 4.90 Å². The third-order valence-electron chi connectivity index (χ3n) is 3.22. The van der Waals surface area contributed by atoms with Gasteiger partial charge in [0.05, 0.1) is 17.3 Å². The van der Waals surface area contributed by atoms with Gasteiger partial charge < -0.3 is 10.2 Å². The number of benzene rings is 1. The number of halogens is 2. The molecule has 1 fully saturated rings. The Morgan fingerprint density at radius 3 is 3.00 bits per heavy atom. The van der Waals surface area contributed by atoms with Gasteiger partial charge in [-0.15, -0.1) is 0 Å². The van der Waals surface area contributed by atoms with Gasteiger partial charge in [-0.2, -0.15) is 0 Å². The predicted octanol–water partition coefficient (Wildman–Crippen LogP) is 1.77. The van der Waals surface area contributed by atoms with Crippen LogP contribution in [0, 0.1) is 5.82 Å². The van der Waals surface area contributed by atoms with Crippen molar-refractivity contribution in [3.63, 3.8) is 0 Å². The van der Waals surface area contributed by atoms with E-state index in [-0.39, 0.29) is 5.02 Å². The molecule has 0 aromatic heterocycles. The molecule has 1 aliphatic rings. The lowest BCUT2D eigenvalue weighted by Gasteiger charge is -2.35. The highest BCUT2D eigenvalue weighted by Gasteiger charge is 2.24. The minimum atomic E-state index is -0.406. The summed E-state index contributed by atoms with van der Waals surface area (Å²) < 4.78 is 13.2. The number of rotatable bonds is 4. The van der Waals surface area contributed by atoms with Gasteiger partial charge in [-0.1, -0.05) is 24.9 Å². The molecule has 19 heavy (non-hydrogen) atoms. The van der Waals surface area contributed by atoms with E-state index in [4.69, 9.17) is 23.8 Å². The molecule has 1 aromatic carbocycles. The monoisotopic (exact) mass is 302 g/mol. The maximum Gasteiger partial charge on any atom is 0.182 e. The fourth-order valence-corrected chi connectivity index (χ4v) is 2.52. The zero-order valence-electron chi connectivity index (χ0n) is 10.9. The first-order valence-electron chi connectivity index (χ1n) is 6.45. The molecular weight excluding hydrogens is 285 g/mol. The molecule has 0 amide bonds. The van der Waals surface area contributed by atoms with E-state index in [9.17, 15) is 4.39 Å². The molecule has 104 valence electrons. The normalized spacial score (nSPS) is 19.4. The van der Waals surface area contributed by atoms with Crippen LogP contribution in [0.4, 0.5) is 10.1 Å². The molecule has 1 aliphatic heterocycles. The van der Waals surface area contributed by atoms with E-state index in [1.165, 1.54) is 23.8 Å². The number of anilines is 1. The SMILES string of the molecule is CCCC[NH+]1CNC(=S)N(c2ccc(F)c(Cl)c2)C1. The molecule has 0 aliphatic carbocycles. The van der Waals surface area contributed by atoms with Gasteiger partial charge in [0, 0.05) is 0 Å². The van der Waals surface area contributed by atoms with Crippen molar-refractivity contribution in [1.29, 1.82) is 0 Å². The number of unbranched alkanes of at least 4 members (excludes halogenated alkanes) is 1. The van der Waals surface area contributed by atoms with Gasteiger partial charge in [0.1, 0.15) is 5.82 Å². The summed E-state index contributed by atoms with van der Waals surface area (Å²) in [5.41, 5.74) is 0.831. The van der Waals surface area contributed by atoms with E-state index in [2.05, 4.69) is 12.2 Å². The summed E-state index contributed by atoms with van der Waals surface area (Å²) in [5, 5.41) is 4.00. The highest BCUT2D eigenvalue weighted by atomic mass is 35.5. The summed E-state index contributed by atoms with van der Waals surface area (Å²) >= 11 is 11.1. The molecule has 0 bridgehead atoms. The molecular formula is C13H18ClFN3S+. The second-order valence-corrected chi connectivity index (χ2v) is 5.49. The quantitative estimate of drug-likeness (QED) is 0.827. The van der Waals surface area contributed by atoms with E-state index in [0.717, 1.165) is 25.6 Å². The fraction of sp³-hybridized carbons (Fsp3) is 0.462. The van der Waals surface area contributed by atoms with Crippen molar-refractivity contribution in [3.8, 4) is 0 Å². The topological polar surface area (TPSA) is 19.7 Å². The van der Waals surface area contributed by atoms with Crippen molar-refractivity contribution >= 4 is 34.6 Å². The largest absolute Gasteiger partial charge is 0.315 e. The van der Waals surface area contributed by atoms with Crippen LogP contribution < -0.4 is 15.1 Å². The molecule has 0 spiro atoms. The Bertz CT molecular complexity index is 469. The van der Waals surface area contributed by atoms with E-state index < -0.39 is 5.82 Å². The molecule has 0 radical (unpaired) electrons. The highest BCUT2D eigenvalue weighted by Crippen LogP contribution is 2.22. The maximum atomic E-state index is 13.2. The Morgan fingerprint density at radius 2 is 2.32 bits per heavy atom. The van der Waals surface area contributed by atoms with E-state index >= 15 is 0 Å². The first-order chi connectivity index (χ1) is 9.11. The molecule has 6 heteroatoms. The first kappa shape index (κ1) is 14.5. The Morgan fingerprint density at radius 1 is 1.53 bits per heavy atom. The molecule has 1 unspecified atom stereocenters. The molecule has 2 rings (SSSR count). The summed E-state index contributed by atoms with van der Waals surface area (Å²) in [7, 11) is 0. The fourth-order valence-electron chi connectivity index (χ4n) is 2.10. The van der Waals surface area contributed by atoms with Gasteiger partial charge in [-0.25, -0.2) is 4.39 Å². The summed E-state index contributed by atoms with van der Waals surface area (Å²) in [6, 6.07) is 4.70. The smallest absolute Gasteiger partial charge is 0.182 e. The van der Waals surface area contributed by atoms with Crippen LogP contribution in [0.25, 0.3) is 0 Å². The van der Waals surface area contributed by atoms with Gasteiger partial charge in [-0.3, -0.25) is 4.90 Å². The number of nitrogens with one attached hydrogen (secondary N) is 2. The molecule has 2 N–H and O–H groups in total. The Balaban J connectivity index is 2.11. The molecule has 0 saturated carbocycles. The molecule has 1 aromatic rings. The number of quaternary nitrogens is 1. The zero-order valence-corrected chi connectivity index (χ0v) is 12.5. The summed E-state index contributed by atoms with van der Waals surface area (Å²) in [5.74, 6) is -0.406. The van der Waals surface area contributed by atoms with Crippen molar-refractivity contribution in [2.45, 2.75) is 19.8 Å². The Hall–Kier alpha value is -0.910. The van der Waals surface area contributed by atoms with Gasteiger partial charge in [0.2, 0.25) is 0 Å². The number of thiocarbonyl (C=S) groups is 1. The molecule has 1 atom stereocenters. The molecule has 3 nitrogen and oxygen atoms in total. The second kappa shape index (κ2) is 6.50. The summed E-state index contributed by atoms with van der Waals surface area (Å²) in [6.45, 7) is 4.90. The zero-order chi connectivity index (χ0) is 13.8. The lowest BCUT2D eigenvalue weighted by Crippen LogP contribution is -3.17. The molecule has 1 saturated heterocycles. The predicted molar refractivity (Wildman–Crippen MR) is 80.1 cm³/mol. The van der Waals surface area contributed by atoms with Crippen LogP contribution in [0.5, 0.6) is 0 Å². The van der Waals surface area contributed by atoms with Crippen LogP contribution >= 0.6 is 23.8 Å². The number of nitrogens with zero attached hydrogens (tertiary/aromatic N) is 1. The minimum absolute atomic E-state index is 0.126. The lowest BCUT2D eigenvalue weighted by molar-refractivity contribution is -0.903. The Labute approximate surface area is 123 Å². The van der Waals surface area contributed by atoms with Crippen LogP contribution in [-0.4, -0.2) is 25.0 Å². The van der Waals surface area contributed by atoms with Crippen molar-refractivity contribution in [2.24, 2.45) is 0 Å². The average Bonchev–Trinajstić information content (AvgIpc) is 2.41. The third kappa shape index (κ3) is 3.55. The highest BCUT2D eigenvalue weighted by molar-refractivity contribution is 7.80. The minimum Gasteiger partial charge on any atom is -0.315 e. The van der Waals surface area contributed by atoms with Gasteiger partial charge in [-0.05, 0) is 36.8 Å². The second-order valence-electron chi connectivity index (χ2n) is 4.70. The maximum absolute atomic E-state index is 13.2. The third-order valence-corrected chi connectivity index (χ3v) is 3.87. The van der Waals surface area contributed by atoms with Crippen molar-refractivity contribution < 1.29 is 9.29 Å². The van der Waals surface area contributed by atoms with Crippen LogP contribution in [-0.2, 0) is 0 Å². The summed E-state index contributed by atoms with van der Waals surface area (Å²) in [4.78, 5) is 3.38. The number of hydrogen-bond acceptors (Lipinski definition) is 1.